The second kappa shape index (κ2) is 7.31. The summed E-state index contributed by atoms with van der Waals surface area (Å²) in [6.07, 6.45) is 1.74. The Morgan fingerprint density at radius 1 is 1.17 bits per heavy atom. The lowest BCUT2D eigenvalue weighted by atomic mass is 10.1. The van der Waals surface area contributed by atoms with Crippen LogP contribution in [0.4, 0.5) is 4.79 Å². The van der Waals surface area contributed by atoms with Crippen LogP contribution in [0.15, 0.2) is 40.2 Å². The van der Waals surface area contributed by atoms with Crippen molar-refractivity contribution < 1.29 is 27.4 Å². The molecule has 1 aromatic rings. The fraction of sp³-hybridized carbons (Fsp3) is 0.421. The Morgan fingerprint density at radius 2 is 1.87 bits per heavy atom. The first-order valence-corrected chi connectivity index (χ1v) is 11.0. The Morgan fingerprint density at radius 3 is 2.57 bits per heavy atom. The molecule has 2 saturated heterocycles. The second-order valence-corrected chi connectivity index (χ2v) is 9.75. The molecule has 2 unspecified atom stereocenters. The summed E-state index contributed by atoms with van der Waals surface area (Å²) in [6.45, 7) is 0.305. The molecule has 158 valence electrons. The van der Waals surface area contributed by atoms with Crippen LogP contribution in [0.1, 0.15) is 6.42 Å². The summed E-state index contributed by atoms with van der Waals surface area (Å²) < 4.78 is 27.1. The molecule has 4 rings (SSSR count). The number of likely N-dealkylation sites (tertiary alicyclic amines) is 1. The largest absolute Gasteiger partial charge is 0.338 e. The van der Waals surface area contributed by atoms with Gasteiger partial charge in [0, 0.05) is 27.2 Å². The summed E-state index contributed by atoms with van der Waals surface area (Å²) in [4.78, 5) is 45.6. The molecule has 2 fully saturated rings. The number of imide groups is 1. The maximum atomic E-state index is 12.8. The number of sulfone groups is 1. The summed E-state index contributed by atoms with van der Waals surface area (Å²) in [6, 6.07) is 6.89. The highest BCUT2D eigenvalue weighted by molar-refractivity contribution is 7.92. The van der Waals surface area contributed by atoms with Gasteiger partial charge in [0.05, 0.1) is 10.1 Å². The third-order valence-corrected chi connectivity index (χ3v) is 7.91. The van der Waals surface area contributed by atoms with Crippen molar-refractivity contribution in [3.8, 4) is 0 Å². The number of hydrogen-bond donors (Lipinski definition) is 0. The van der Waals surface area contributed by atoms with Crippen molar-refractivity contribution in [1.29, 1.82) is 0 Å². The number of rotatable bonds is 4. The number of fused-ring (bicyclic) bond motifs is 1. The van der Waals surface area contributed by atoms with Crippen LogP contribution < -0.4 is 0 Å². The third-order valence-electron chi connectivity index (χ3n) is 5.72. The van der Waals surface area contributed by atoms with E-state index >= 15 is 0 Å². The van der Waals surface area contributed by atoms with Gasteiger partial charge in [-0.25, -0.2) is 17.8 Å². The van der Waals surface area contributed by atoms with E-state index < -0.39 is 33.1 Å². The molecule has 0 spiro atoms. The van der Waals surface area contributed by atoms with Crippen LogP contribution in [-0.2, 0) is 19.4 Å². The first-order valence-electron chi connectivity index (χ1n) is 9.50. The fourth-order valence-electron chi connectivity index (χ4n) is 3.94. The first kappa shape index (κ1) is 20.2. The van der Waals surface area contributed by atoms with E-state index in [1.165, 1.54) is 34.8 Å². The molecule has 0 bridgehead atoms. The topological polar surface area (TPSA) is 110 Å². The van der Waals surface area contributed by atoms with E-state index in [0.717, 1.165) is 4.90 Å². The minimum absolute atomic E-state index is 0.106. The lowest BCUT2D eigenvalue weighted by Crippen LogP contribution is -2.62. The molecule has 0 saturated carbocycles. The minimum Gasteiger partial charge on any atom is -0.338 e. The van der Waals surface area contributed by atoms with E-state index in [-0.39, 0.29) is 29.7 Å². The second-order valence-electron chi connectivity index (χ2n) is 7.52. The van der Waals surface area contributed by atoms with Crippen molar-refractivity contribution in [3.05, 3.63) is 30.3 Å². The SMILES string of the molecule is CN1C(=O)C2C(=NC=[N+]2CC(=O)N2CCC(S(=O)(=O)c3ccccc3)C2)N(C)C1=O. The standard InChI is InChI=1S/C19H22N5O5S/c1-21-17-16(18(26)22(2)19(21)27)24(12-20-17)11-15(25)23-9-8-14(10-23)30(28,29)13-6-4-3-5-7-13/h3-7,12,14,16H,8-11H2,1-2H3/q+1. The smallest absolute Gasteiger partial charge is 0.333 e. The van der Waals surface area contributed by atoms with Crippen molar-refractivity contribution in [1.82, 2.24) is 14.7 Å². The lowest BCUT2D eigenvalue weighted by molar-refractivity contribution is -0.520. The molecular weight excluding hydrogens is 410 g/mol. The zero-order chi connectivity index (χ0) is 21.6. The van der Waals surface area contributed by atoms with Gasteiger partial charge in [0.1, 0.15) is 0 Å². The summed E-state index contributed by atoms with van der Waals surface area (Å²) in [5, 5.41) is -0.663. The Balaban J connectivity index is 1.44. The third kappa shape index (κ3) is 3.18. The van der Waals surface area contributed by atoms with E-state index in [1.54, 1.807) is 30.3 Å². The molecule has 30 heavy (non-hydrogen) atoms. The van der Waals surface area contributed by atoms with Gasteiger partial charge in [-0.05, 0) is 23.5 Å². The molecule has 0 aliphatic carbocycles. The number of amides is 4. The van der Waals surface area contributed by atoms with Gasteiger partial charge in [-0.2, -0.15) is 0 Å². The first-order chi connectivity index (χ1) is 14.2. The van der Waals surface area contributed by atoms with E-state index in [1.807, 2.05) is 0 Å². The van der Waals surface area contributed by atoms with Crippen LogP contribution in [0.2, 0.25) is 0 Å². The molecule has 11 heteroatoms. The van der Waals surface area contributed by atoms with Crippen LogP contribution in [0, 0.1) is 0 Å². The Hall–Kier alpha value is -3.08. The van der Waals surface area contributed by atoms with Crippen molar-refractivity contribution in [2.75, 3.05) is 33.7 Å². The number of likely N-dealkylation sites (N-methyl/N-ethyl adjacent to an activating group) is 2. The molecule has 0 aromatic heterocycles. The lowest BCUT2D eigenvalue weighted by Gasteiger charge is -2.30. The van der Waals surface area contributed by atoms with Crippen LogP contribution in [0.3, 0.4) is 0 Å². The summed E-state index contributed by atoms with van der Waals surface area (Å²) in [5.74, 6) is -0.463. The number of hydrogen-bond acceptors (Lipinski definition) is 6. The zero-order valence-corrected chi connectivity index (χ0v) is 17.4. The van der Waals surface area contributed by atoms with Crippen molar-refractivity contribution >= 4 is 39.9 Å². The predicted octanol–water partition coefficient (Wildman–Crippen LogP) is -0.593. The number of amidine groups is 1. The minimum atomic E-state index is -3.52. The number of carbonyl (C=O) groups excluding carboxylic acids is 3. The maximum Gasteiger partial charge on any atom is 0.333 e. The van der Waals surface area contributed by atoms with Crippen molar-refractivity contribution in [2.45, 2.75) is 22.6 Å². The number of benzene rings is 1. The Kier molecular flexibility index (Phi) is 4.92. The highest BCUT2D eigenvalue weighted by atomic mass is 32.2. The van der Waals surface area contributed by atoms with E-state index in [0.29, 0.717) is 13.0 Å². The molecule has 2 atom stereocenters. The molecule has 3 aliphatic heterocycles. The summed E-state index contributed by atoms with van der Waals surface area (Å²) in [5.41, 5.74) is 0. The van der Waals surface area contributed by atoms with Gasteiger partial charge in [0.25, 0.3) is 30.0 Å². The highest BCUT2D eigenvalue weighted by Gasteiger charge is 2.51. The van der Waals surface area contributed by atoms with Crippen LogP contribution in [-0.4, -0.2) is 103 Å². The average Bonchev–Trinajstić information content (AvgIpc) is 3.39. The quantitative estimate of drug-likeness (QED) is 0.591. The van der Waals surface area contributed by atoms with Crippen molar-refractivity contribution in [3.63, 3.8) is 0 Å². The number of carbonyl (C=O) groups is 3. The Bertz CT molecular complexity index is 1080. The molecule has 4 amide bonds. The molecule has 0 radical (unpaired) electrons. The zero-order valence-electron chi connectivity index (χ0n) is 16.6. The predicted molar refractivity (Wildman–Crippen MR) is 107 cm³/mol. The highest BCUT2D eigenvalue weighted by Crippen LogP contribution is 2.24. The molecule has 0 N–H and O–H groups in total. The van der Waals surface area contributed by atoms with Crippen LogP contribution in [0.25, 0.3) is 0 Å². The Labute approximate surface area is 174 Å². The number of urea groups is 1. The average molecular weight is 432 g/mol. The van der Waals surface area contributed by atoms with Crippen molar-refractivity contribution in [2.24, 2.45) is 4.99 Å². The van der Waals surface area contributed by atoms with E-state index in [2.05, 4.69) is 4.99 Å². The van der Waals surface area contributed by atoms with Gasteiger partial charge >= 0.3 is 6.03 Å². The van der Waals surface area contributed by atoms with Crippen LogP contribution >= 0.6 is 0 Å². The van der Waals surface area contributed by atoms with Gasteiger partial charge in [0.15, 0.2) is 16.4 Å². The van der Waals surface area contributed by atoms with Gasteiger partial charge in [-0.1, -0.05) is 18.2 Å². The van der Waals surface area contributed by atoms with E-state index in [4.69, 9.17) is 0 Å². The van der Waals surface area contributed by atoms with E-state index in [9.17, 15) is 22.8 Å². The summed E-state index contributed by atoms with van der Waals surface area (Å²) >= 11 is 0. The molecule has 3 heterocycles. The van der Waals surface area contributed by atoms with Gasteiger partial charge < -0.3 is 4.90 Å². The normalized spacial score (nSPS) is 24.1. The molecule has 1 aromatic carbocycles. The molecular formula is C19H22N5O5S+. The maximum absolute atomic E-state index is 12.8. The number of nitrogens with zero attached hydrogens (tertiary/aromatic N) is 5. The monoisotopic (exact) mass is 432 g/mol. The molecule has 3 aliphatic rings. The fourth-order valence-corrected chi connectivity index (χ4v) is 5.65. The van der Waals surface area contributed by atoms with Gasteiger partial charge in [-0.3, -0.25) is 19.4 Å². The molecule has 10 nitrogen and oxygen atoms in total. The van der Waals surface area contributed by atoms with Gasteiger partial charge in [0.2, 0.25) is 0 Å². The number of aliphatic imine (C=N–C) groups is 1. The van der Waals surface area contributed by atoms with Gasteiger partial charge in [-0.15, -0.1) is 0 Å². The summed E-state index contributed by atoms with van der Waals surface area (Å²) in [7, 11) is -0.615. The van der Waals surface area contributed by atoms with Crippen LogP contribution in [0.5, 0.6) is 0 Å².